The number of nitrogens with one attached hydrogen (secondary N) is 2. The molecule has 0 aliphatic carbocycles. The summed E-state index contributed by atoms with van der Waals surface area (Å²) in [6, 6.07) is 19.3. The number of para-hydroxylation sites is 1. The van der Waals surface area contributed by atoms with E-state index in [9.17, 15) is 9.59 Å². The Kier molecular flexibility index (Phi) is 9.13. The summed E-state index contributed by atoms with van der Waals surface area (Å²) in [6.45, 7) is 0.302. The van der Waals surface area contributed by atoms with Gasteiger partial charge in [-0.3, -0.25) is 9.59 Å². The van der Waals surface area contributed by atoms with Crippen molar-refractivity contribution in [3.63, 3.8) is 0 Å². The average molecular weight is 505 g/mol. The van der Waals surface area contributed by atoms with Gasteiger partial charge in [0.25, 0.3) is 0 Å². The van der Waals surface area contributed by atoms with Crippen LogP contribution in [-0.4, -0.2) is 18.0 Å². The summed E-state index contributed by atoms with van der Waals surface area (Å²) in [5.41, 5.74) is 4.38. The number of carbonyl (C=O) groups excluding carboxylic acids is 2. The van der Waals surface area contributed by atoms with Crippen molar-refractivity contribution in [2.45, 2.75) is 19.4 Å². The van der Waals surface area contributed by atoms with Crippen LogP contribution in [0.1, 0.15) is 24.0 Å². The van der Waals surface area contributed by atoms with E-state index in [1.54, 1.807) is 48.5 Å². The first-order chi connectivity index (χ1) is 15.9. The Hall–Kier alpha value is -3.06. The van der Waals surface area contributed by atoms with Crippen LogP contribution < -0.4 is 15.5 Å². The standard InChI is InChI=1S/C24H20Cl3N3O3/c25-18-5-3-4-16(12-18)15-33-22-9-8-19(26)13-17(22)14-28-30-24(32)11-10-23(31)29-21-7-2-1-6-20(21)27/h1-9,12-14H,10-11,15H2,(H,29,31)(H,30,32). The Morgan fingerprint density at radius 2 is 1.64 bits per heavy atom. The number of hydrogen-bond donors (Lipinski definition) is 2. The lowest BCUT2D eigenvalue weighted by molar-refractivity contribution is -0.124. The number of amides is 2. The molecule has 0 bridgehead atoms. The molecule has 0 atom stereocenters. The zero-order chi connectivity index (χ0) is 23.6. The second-order valence-corrected chi connectivity index (χ2v) is 8.20. The Balaban J connectivity index is 1.51. The number of nitrogens with zero attached hydrogens (tertiary/aromatic N) is 1. The minimum atomic E-state index is -0.413. The van der Waals surface area contributed by atoms with Crippen molar-refractivity contribution in [3.8, 4) is 5.75 Å². The van der Waals surface area contributed by atoms with Crippen LogP contribution in [0.4, 0.5) is 5.69 Å². The summed E-state index contributed by atoms with van der Waals surface area (Å²) in [5, 5.41) is 8.16. The molecular weight excluding hydrogens is 485 g/mol. The lowest BCUT2D eigenvalue weighted by atomic mass is 10.2. The van der Waals surface area contributed by atoms with Gasteiger partial charge in [0, 0.05) is 28.5 Å². The van der Waals surface area contributed by atoms with Gasteiger partial charge in [0.2, 0.25) is 11.8 Å². The van der Waals surface area contributed by atoms with E-state index in [0.717, 1.165) is 5.56 Å². The smallest absolute Gasteiger partial charge is 0.240 e. The second-order valence-electron chi connectivity index (χ2n) is 6.92. The van der Waals surface area contributed by atoms with Crippen molar-refractivity contribution in [1.29, 1.82) is 0 Å². The highest BCUT2D eigenvalue weighted by Crippen LogP contribution is 2.23. The van der Waals surface area contributed by atoms with Crippen LogP contribution in [0.3, 0.4) is 0 Å². The molecule has 2 amide bonds. The van der Waals surface area contributed by atoms with Gasteiger partial charge in [-0.2, -0.15) is 5.10 Å². The SMILES string of the molecule is O=C(CCC(=O)Nc1ccccc1Cl)NN=Cc1cc(Cl)ccc1OCc1cccc(Cl)c1. The minimum absolute atomic E-state index is 0.0161. The zero-order valence-electron chi connectivity index (χ0n) is 17.4. The Labute approximate surface area is 206 Å². The molecule has 9 heteroatoms. The van der Waals surface area contributed by atoms with Crippen molar-refractivity contribution in [2.75, 3.05) is 5.32 Å². The van der Waals surface area contributed by atoms with Gasteiger partial charge in [-0.15, -0.1) is 0 Å². The molecule has 0 saturated heterocycles. The Morgan fingerprint density at radius 3 is 2.42 bits per heavy atom. The van der Waals surface area contributed by atoms with Crippen molar-refractivity contribution >= 4 is 58.5 Å². The van der Waals surface area contributed by atoms with E-state index in [2.05, 4.69) is 15.8 Å². The zero-order valence-corrected chi connectivity index (χ0v) is 19.6. The molecule has 33 heavy (non-hydrogen) atoms. The molecule has 2 N–H and O–H groups in total. The first kappa shape index (κ1) is 24.6. The van der Waals surface area contributed by atoms with Crippen LogP contribution in [0.15, 0.2) is 71.8 Å². The number of rotatable bonds is 9. The van der Waals surface area contributed by atoms with Gasteiger partial charge >= 0.3 is 0 Å². The van der Waals surface area contributed by atoms with Crippen LogP contribution in [0, 0.1) is 0 Å². The molecular formula is C24H20Cl3N3O3. The Morgan fingerprint density at radius 1 is 0.879 bits per heavy atom. The van der Waals surface area contributed by atoms with Crippen molar-refractivity contribution in [1.82, 2.24) is 5.43 Å². The number of anilines is 1. The predicted molar refractivity (Wildman–Crippen MR) is 132 cm³/mol. The van der Waals surface area contributed by atoms with Crippen molar-refractivity contribution in [2.24, 2.45) is 5.10 Å². The largest absolute Gasteiger partial charge is 0.488 e. The van der Waals surface area contributed by atoms with E-state index >= 15 is 0 Å². The van der Waals surface area contributed by atoms with E-state index in [-0.39, 0.29) is 18.7 Å². The predicted octanol–water partition coefficient (Wildman–Crippen LogP) is 6.09. The number of hydrazone groups is 1. The van der Waals surface area contributed by atoms with Gasteiger partial charge < -0.3 is 10.1 Å². The van der Waals surface area contributed by atoms with Gasteiger partial charge in [-0.05, 0) is 48.0 Å². The fraction of sp³-hybridized carbons (Fsp3) is 0.125. The van der Waals surface area contributed by atoms with E-state index in [4.69, 9.17) is 39.5 Å². The van der Waals surface area contributed by atoms with Crippen LogP contribution in [-0.2, 0) is 16.2 Å². The normalized spacial score (nSPS) is 10.8. The molecule has 0 aliphatic heterocycles. The maximum Gasteiger partial charge on any atom is 0.240 e. The first-order valence-electron chi connectivity index (χ1n) is 9.94. The maximum absolute atomic E-state index is 12.1. The second kappa shape index (κ2) is 12.3. The van der Waals surface area contributed by atoms with Crippen LogP contribution in [0.5, 0.6) is 5.75 Å². The van der Waals surface area contributed by atoms with Crippen molar-refractivity contribution in [3.05, 3.63) is 92.9 Å². The molecule has 0 aromatic heterocycles. The highest BCUT2D eigenvalue weighted by molar-refractivity contribution is 6.33. The molecule has 0 heterocycles. The minimum Gasteiger partial charge on any atom is -0.488 e. The summed E-state index contributed by atoms with van der Waals surface area (Å²) in [7, 11) is 0. The van der Waals surface area contributed by atoms with Crippen molar-refractivity contribution < 1.29 is 14.3 Å². The van der Waals surface area contributed by atoms with Crippen LogP contribution >= 0.6 is 34.8 Å². The third kappa shape index (κ3) is 8.09. The summed E-state index contributed by atoms with van der Waals surface area (Å²) < 4.78 is 5.85. The first-order valence-corrected chi connectivity index (χ1v) is 11.1. The van der Waals surface area contributed by atoms with Gasteiger partial charge in [-0.25, -0.2) is 5.43 Å². The number of hydrogen-bond acceptors (Lipinski definition) is 4. The number of benzene rings is 3. The van der Waals surface area contributed by atoms with Gasteiger partial charge in [0.1, 0.15) is 12.4 Å². The highest BCUT2D eigenvalue weighted by atomic mass is 35.5. The van der Waals surface area contributed by atoms with E-state index in [0.29, 0.717) is 38.7 Å². The third-order valence-corrected chi connectivity index (χ3v) is 5.17. The summed E-state index contributed by atoms with van der Waals surface area (Å²) in [6.07, 6.45) is 1.37. The van der Waals surface area contributed by atoms with E-state index in [1.807, 2.05) is 18.2 Å². The fourth-order valence-electron chi connectivity index (χ4n) is 2.77. The maximum atomic E-state index is 12.1. The number of ether oxygens (including phenoxy) is 1. The third-order valence-electron chi connectivity index (χ3n) is 4.38. The molecule has 3 rings (SSSR count). The molecule has 0 spiro atoms. The van der Waals surface area contributed by atoms with E-state index in [1.165, 1.54) is 6.21 Å². The molecule has 0 unspecified atom stereocenters. The van der Waals surface area contributed by atoms with Crippen LogP contribution in [0.2, 0.25) is 15.1 Å². The topological polar surface area (TPSA) is 79.8 Å². The molecule has 3 aromatic carbocycles. The van der Waals surface area contributed by atoms with Gasteiger partial charge in [-0.1, -0.05) is 59.1 Å². The summed E-state index contributed by atoms with van der Waals surface area (Å²) in [4.78, 5) is 24.1. The molecule has 3 aromatic rings. The summed E-state index contributed by atoms with van der Waals surface area (Å²) >= 11 is 18.1. The highest BCUT2D eigenvalue weighted by Gasteiger charge is 2.09. The van der Waals surface area contributed by atoms with E-state index < -0.39 is 5.91 Å². The summed E-state index contributed by atoms with van der Waals surface area (Å²) in [5.74, 6) is -0.200. The monoisotopic (exact) mass is 503 g/mol. The van der Waals surface area contributed by atoms with Gasteiger partial charge in [0.05, 0.1) is 16.9 Å². The molecule has 0 fully saturated rings. The number of carbonyl (C=O) groups is 2. The van der Waals surface area contributed by atoms with Gasteiger partial charge in [0.15, 0.2) is 0 Å². The molecule has 6 nitrogen and oxygen atoms in total. The average Bonchev–Trinajstić information content (AvgIpc) is 2.79. The quantitative estimate of drug-likeness (QED) is 0.273. The molecule has 0 saturated carbocycles. The van der Waals surface area contributed by atoms with Crippen LogP contribution in [0.25, 0.3) is 0 Å². The lowest BCUT2D eigenvalue weighted by Gasteiger charge is -2.10. The molecule has 0 radical (unpaired) electrons. The Bertz CT molecular complexity index is 1170. The number of halogens is 3. The fourth-order valence-corrected chi connectivity index (χ4v) is 3.35. The lowest BCUT2D eigenvalue weighted by Crippen LogP contribution is -2.20. The molecule has 170 valence electrons. The molecule has 0 aliphatic rings.